The van der Waals surface area contributed by atoms with Gasteiger partial charge in [0.1, 0.15) is 0 Å². The molecule has 0 heterocycles. The van der Waals surface area contributed by atoms with Crippen LogP contribution >= 0.6 is 23.4 Å². The van der Waals surface area contributed by atoms with Gasteiger partial charge in [-0.15, -0.1) is 23.4 Å². The molecule has 1 nitrogen and oxygen atoms in total. The first-order chi connectivity index (χ1) is 3.81. The van der Waals surface area contributed by atoms with Crippen molar-refractivity contribution in [3.05, 3.63) is 11.1 Å². The molecule has 0 aliphatic heterocycles. The first-order valence-corrected chi connectivity index (χ1v) is 3.86. The summed E-state index contributed by atoms with van der Waals surface area (Å²) in [4.78, 5) is 1.21. The fourth-order valence-electron chi connectivity index (χ4n) is 0.331. The first kappa shape index (κ1) is 8.18. The maximum absolute atomic E-state index is 5.43. The molecule has 0 radical (unpaired) electrons. The molecule has 0 unspecified atom stereocenters. The largest absolute Gasteiger partial charge is 0.393 e. The molecule has 0 aliphatic carbocycles. The Morgan fingerprint density at radius 1 is 1.88 bits per heavy atom. The summed E-state index contributed by atoms with van der Waals surface area (Å²) in [5.41, 5.74) is 0. The molecule has 8 heavy (non-hydrogen) atoms. The van der Waals surface area contributed by atoms with Gasteiger partial charge in [-0.3, -0.25) is 0 Å². The van der Waals surface area contributed by atoms with Crippen molar-refractivity contribution in [2.75, 3.05) is 12.3 Å². The Morgan fingerprint density at radius 3 is 2.88 bits per heavy atom. The number of allylic oxidation sites excluding steroid dienone is 1. The maximum Gasteiger partial charge on any atom is 0.0724 e. The number of hydrogen-bond donors (Lipinski definition) is 1. The molecular formula is C5H10ClNS. The number of halogens is 1. The predicted octanol–water partition coefficient (Wildman–Crippen LogP) is 2.00. The highest BCUT2D eigenvalue weighted by Gasteiger charge is 1.83. The van der Waals surface area contributed by atoms with E-state index in [1.165, 1.54) is 4.91 Å². The van der Waals surface area contributed by atoms with Gasteiger partial charge in [0.2, 0.25) is 0 Å². The number of nitrogens with one attached hydrogen (secondary N) is 1. The van der Waals surface area contributed by atoms with Gasteiger partial charge in [-0.25, -0.2) is 0 Å². The van der Waals surface area contributed by atoms with Crippen molar-refractivity contribution in [3.63, 3.8) is 0 Å². The average Bonchev–Trinajstić information content (AvgIpc) is 1.68. The Hall–Kier alpha value is 0.180. The number of hydrogen-bond acceptors (Lipinski definition) is 2. The molecule has 0 saturated carbocycles. The van der Waals surface area contributed by atoms with Crippen molar-refractivity contribution in [1.29, 1.82) is 0 Å². The highest BCUT2D eigenvalue weighted by atomic mass is 35.5. The topological polar surface area (TPSA) is 12.0 Å². The Balaban J connectivity index is 3.29. The molecule has 0 aromatic carbocycles. The summed E-state index contributed by atoms with van der Waals surface area (Å²) >= 11 is 7.05. The zero-order chi connectivity index (χ0) is 6.41. The van der Waals surface area contributed by atoms with Gasteiger partial charge in [0, 0.05) is 13.2 Å². The van der Waals surface area contributed by atoms with Gasteiger partial charge >= 0.3 is 0 Å². The molecule has 3 heteroatoms. The van der Waals surface area contributed by atoms with Gasteiger partial charge in [0.05, 0.1) is 5.21 Å². The van der Waals surface area contributed by atoms with Crippen LogP contribution in [0.1, 0.15) is 6.92 Å². The second-order valence-corrected chi connectivity index (χ2v) is 3.10. The van der Waals surface area contributed by atoms with Crippen LogP contribution in [-0.2, 0) is 0 Å². The quantitative estimate of drug-likeness (QED) is 0.620. The zero-order valence-electron chi connectivity index (χ0n) is 5.07. The van der Waals surface area contributed by atoms with Crippen molar-refractivity contribution in [2.24, 2.45) is 0 Å². The molecule has 0 aromatic rings. The van der Waals surface area contributed by atoms with Gasteiger partial charge in [-0.2, -0.15) is 0 Å². The highest BCUT2D eigenvalue weighted by molar-refractivity contribution is 8.04. The van der Waals surface area contributed by atoms with Crippen molar-refractivity contribution in [2.45, 2.75) is 6.92 Å². The smallest absolute Gasteiger partial charge is 0.0724 e. The third kappa shape index (κ3) is 4.34. The van der Waals surface area contributed by atoms with E-state index in [2.05, 4.69) is 5.32 Å². The lowest BCUT2D eigenvalue weighted by Gasteiger charge is -1.93. The molecule has 0 fully saturated rings. The molecule has 0 aromatic heterocycles. The highest BCUT2D eigenvalue weighted by Crippen LogP contribution is 2.13. The van der Waals surface area contributed by atoms with Crippen LogP contribution in [0.25, 0.3) is 0 Å². The molecule has 48 valence electrons. The van der Waals surface area contributed by atoms with Crippen molar-refractivity contribution in [3.8, 4) is 0 Å². The first-order valence-electron chi connectivity index (χ1n) is 2.34. The van der Waals surface area contributed by atoms with Gasteiger partial charge in [-0.1, -0.05) is 0 Å². The summed E-state index contributed by atoms with van der Waals surface area (Å²) in [6, 6.07) is 0. The Labute approximate surface area is 59.5 Å². The Bertz CT molecular complexity index is 82.5. The summed E-state index contributed by atoms with van der Waals surface area (Å²) in [6.45, 7) is 2.02. The van der Waals surface area contributed by atoms with E-state index < -0.39 is 0 Å². The van der Waals surface area contributed by atoms with E-state index in [0.717, 1.165) is 0 Å². The number of alkyl halides is 1. The van der Waals surface area contributed by atoms with E-state index in [1.807, 2.05) is 20.2 Å². The third-order valence-corrected chi connectivity index (χ3v) is 1.64. The lowest BCUT2D eigenvalue weighted by atomic mass is 10.7. The zero-order valence-corrected chi connectivity index (χ0v) is 6.64. The molecule has 0 spiro atoms. The van der Waals surface area contributed by atoms with Crippen molar-refractivity contribution in [1.82, 2.24) is 5.32 Å². The van der Waals surface area contributed by atoms with Crippen molar-refractivity contribution >= 4 is 23.4 Å². The molecule has 0 saturated heterocycles. The third-order valence-electron chi connectivity index (χ3n) is 0.630. The van der Waals surface area contributed by atoms with Crippen LogP contribution in [0.5, 0.6) is 0 Å². The number of thioether (sulfide) groups is 1. The minimum absolute atomic E-state index is 0.629. The molecule has 0 atom stereocenters. The summed E-state index contributed by atoms with van der Waals surface area (Å²) in [7, 11) is 1.87. The molecular weight excluding hydrogens is 142 g/mol. The van der Waals surface area contributed by atoms with Crippen LogP contribution in [0, 0.1) is 0 Å². The lowest BCUT2D eigenvalue weighted by molar-refractivity contribution is 1.09. The van der Waals surface area contributed by atoms with Crippen LogP contribution in [0.3, 0.4) is 0 Å². The Morgan fingerprint density at radius 2 is 2.50 bits per heavy atom. The normalized spacial score (nSPS) is 11.6. The van der Waals surface area contributed by atoms with E-state index in [9.17, 15) is 0 Å². The van der Waals surface area contributed by atoms with E-state index in [1.54, 1.807) is 11.8 Å². The van der Waals surface area contributed by atoms with Gasteiger partial charge < -0.3 is 5.32 Å². The minimum Gasteiger partial charge on any atom is -0.393 e. The Kier molecular flexibility index (Phi) is 5.44. The lowest BCUT2D eigenvalue weighted by Crippen LogP contribution is -1.92. The van der Waals surface area contributed by atoms with E-state index in [0.29, 0.717) is 5.21 Å². The summed E-state index contributed by atoms with van der Waals surface area (Å²) < 4.78 is 0. The molecule has 0 aliphatic rings. The average molecular weight is 152 g/mol. The second kappa shape index (κ2) is 5.32. The van der Waals surface area contributed by atoms with E-state index in [-0.39, 0.29) is 0 Å². The second-order valence-electron chi connectivity index (χ2n) is 1.30. The van der Waals surface area contributed by atoms with Crippen LogP contribution in [0.2, 0.25) is 0 Å². The number of rotatable bonds is 3. The van der Waals surface area contributed by atoms with E-state index >= 15 is 0 Å². The summed E-state index contributed by atoms with van der Waals surface area (Å²) in [5, 5.41) is 3.54. The monoisotopic (exact) mass is 151 g/mol. The van der Waals surface area contributed by atoms with Crippen molar-refractivity contribution < 1.29 is 0 Å². The van der Waals surface area contributed by atoms with Gasteiger partial charge in [-0.05, 0) is 11.8 Å². The van der Waals surface area contributed by atoms with Crippen LogP contribution in [0.4, 0.5) is 0 Å². The standard InChI is InChI=1S/C5H10ClNS/c1-5(3-7-2)8-4-6/h3,7H,4H2,1-2H3/b5-3-. The van der Waals surface area contributed by atoms with Crippen LogP contribution in [0.15, 0.2) is 11.1 Å². The minimum atomic E-state index is 0.629. The van der Waals surface area contributed by atoms with Gasteiger partial charge in [0.15, 0.2) is 0 Å². The SMILES string of the molecule is CN/C=C(/C)SCCl. The molecule has 0 amide bonds. The molecule has 1 N–H and O–H groups in total. The summed E-state index contributed by atoms with van der Waals surface area (Å²) in [5.74, 6) is 0. The molecule has 0 bridgehead atoms. The predicted molar refractivity (Wildman–Crippen MR) is 41.1 cm³/mol. The van der Waals surface area contributed by atoms with Gasteiger partial charge in [0.25, 0.3) is 0 Å². The van der Waals surface area contributed by atoms with Crippen LogP contribution < -0.4 is 5.32 Å². The fourth-order valence-corrected chi connectivity index (χ4v) is 1.22. The van der Waals surface area contributed by atoms with E-state index in [4.69, 9.17) is 11.6 Å². The maximum atomic E-state index is 5.43. The molecule has 0 rings (SSSR count). The van der Waals surface area contributed by atoms with Crippen LogP contribution in [-0.4, -0.2) is 12.3 Å². The fraction of sp³-hybridized carbons (Fsp3) is 0.600. The summed E-state index contributed by atoms with van der Waals surface area (Å²) in [6.07, 6.45) is 1.92.